The molecule has 1 saturated heterocycles. The zero-order valence-electron chi connectivity index (χ0n) is 20.9. The van der Waals surface area contributed by atoms with Crippen molar-refractivity contribution < 1.29 is 19.4 Å². The number of ether oxygens (including phenoxy) is 1. The summed E-state index contributed by atoms with van der Waals surface area (Å²) in [6.07, 6.45) is 0.692. The highest BCUT2D eigenvalue weighted by Crippen LogP contribution is 2.23. The van der Waals surface area contributed by atoms with Crippen molar-refractivity contribution in [3.8, 4) is 11.3 Å². The van der Waals surface area contributed by atoms with Gasteiger partial charge < -0.3 is 19.7 Å². The quantitative estimate of drug-likeness (QED) is 0.563. The van der Waals surface area contributed by atoms with Crippen molar-refractivity contribution in [2.24, 2.45) is 0 Å². The molecular weight excluding hydrogens is 446 g/mol. The molecule has 0 unspecified atom stereocenters. The van der Waals surface area contributed by atoms with Gasteiger partial charge in [-0.25, -0.2) is 9.59 Å². The number of rotatable bonds is 3. The molecule has 0 radical (unpaired) electrons. The molecule has 2 N–H and O–H groups in total. The molecule has 186 valence electrons. The second kappa shape index (κ2) is 10.6. The van der Waals surface area contributed by atoms with Gasteiger partial charge in [-0.3, -0.25) is 9.69 Å². The SMILES string of the molecule is CC(C)(C)OC(=O)N1CCC[C@H]1C(=O)O.CN(C)c1ccc(-c2cc3ccccc3c(=O)[nH]2)cc1. The third kappa shape index (κ3) is 6.62. The van der Waals surface area contributed by atoms with Crippen molar-refractivity contribution in [3.05, 3.63) is 65.0 Å². The second-order valence-corrected chi connectivity index (χ2v) is 9.71. The number of benzene rings is 2. The first-order valence-corrected chi connectivity index (χ1v) is 11.6. The predicted molar refractivity (Wildman–Crippen MR) is 138 cm³/mol. The van der Waals surface area contributed by atoms with E-state index in [1.54, 1.807) is 20.8 Å². The highest BCUT2D eigenvalue weighted by Gasteiger charge is 2.36. The molecule has 2 heterocycles. The lowest BCUT2D eigenvalue weighted by Crippen LogP contribution is -2.43. The lowest BCUT2D eigenvalue weighted by atomic mass is 10.1. The van der Waals surface area contributed by atoms with Crippen LogP contribution in [-0.4, -0.2) is 59.3 Å². The van der Waals surface area contributed by atoms with Gasteiger partial charge in [0.2, 0.25) is 0 Å². The topological polar surface area (TPSA) is 103 Å². The summed E-state index contributed by atoms with van der Waals surface area (Å²) in [6, 6.07) is 17.1. The first-order valence-electron chi connectivity index (χ1n) is 11.6. The number of hydrogen-bond donors (Lipinski definition) is 2. The molecule has 1 amide bonds. The highest BCUT2D eigenvalue weighted by atomic mass is 16.6. The van der Waals surface area contributed by atoms with Crippen molar-refractivity contribution in [2.75, 3.05) is 25.5 Å². The number of anilines is 1. The molecule has 1 fully saturated rings. The number of H-pyrrole nitrogens is 1. The summed E-state index contributed by atoms with van der Waals surface area (Å²) in [5.41, 5.74) is 2.37. The van der Waals surface area contributed by atoms with Gasteiger partial charge in [-0.2, -0.15) is 0 Å². The number of nitrogens with zero attached hydrogens (tertiary/aromatic N) is 2. The fourth-order valence-electron chi connectivity index (χ4n) is 3.87. The molecule has 35 heavy (non-hydrogen) atoms. The maximum Gasteiger partial charge on any atom is 0.411 e. The number of pyridine rings is 1. The van der Waals surface area contributed by atoms with Crippen molar-refractivity contribution in [1.29, 1.82) is 0 Å². The molecule has 1 aliphatic heterocycles. The van der Waals surface area contributed by atoms with Crippen molar-refractivity contribution in [3.63, 3.8) is 0 Å². The van der Waals surface area contributed by atoms with Gasteiger partial charge >= 0.3 is 12.1 Å². The zero-order valence-corrected chi connectivity index (χ0v) is 20.9. The molecule has 2 aromatic carbocycles. The molecule has 3 aromatic rings. The lowest BCUT2D eigenvalue weighted by molar-refractivity contribution is -0.142. The van der Waals surface area contributed by atoms with E-state index in [-0.39, 0.29) is 5.56 Å². The smallest absolute Gasteiger partial charge is 0.411 e. The van der Waals surface area contributed by atoms with Crippen LogP contribution in [-0.2, 0) is 9.53 Å². The number of aromatic nitrogens is 1. The third-order valence-corrected chi connectivity index (χ3v) is 5.61. The minimum Gasteiger partial charge on any atom is -0.480 e. The van der Waals surface area contributed by atoms with Crippen LogP contribution in [0.25, 0.3) is 22.0 Å². The highest BCUT2D eigenvalue weighted by molar-refractivity contribution is 5.85. The summed E-state index contributed by atoms with van der Waals surface area (Å²) in [7, 11) is 4.01. The number of aliphatic carboxylic acids is 1. The van der Waals surface area contributed by atoms with Gasteiger partial charge in [0.05, 0.1) is 0 Å². The number of carbonyl (C=O) groups excluding carboxylic acids is 1. The Kier molecular flexibility index (Phi) is 7.84. The number of amides is 1. The lowest BCUT2D eigenvalue weighted by Gasteiger charge is -2.26. The maximum absolute atomic E-state index is 12.1. The Hall–Kier alpha value is -3.81. The Labute approximate surface area is 205 Å². The van der Waals surface area contributed by atoms with Gasteiger partial charge in [0, 0.05) is 37.4 Å². The predicted octanol–water partition coefficient (Wildman–Crippen LogP) is 4.73. The molecule has 4 rings (SSSR count). The van der Waals surface area contributed by atoms with Gasteiger partial charge in [-0.15, -0.1) is 0 Å². The van der Waals surface area contributed by atoms with Gasteiger partial charge in [-0.05, 0) is 68.8 Å². The van der Waals surface area contributed by atoms with Crippen LogP contribution in [0, 0.1) is 0 Å². The molecule has 0 bridgehead atoms. The Morgan fingerprint density at radius 3 is 2.34 bits per heavy atom. The Bertz CT molecular complexity index is 1240. The number of carbonyl (C=O) groups is 2. The molecule has 1 aromatic heterocycles. The fourth-order valence-corrected chi connectivity index (χ4v) is 3.87. The summed E-state index contributed by atoms with van der Waals surface area (Å²) in [6.45, 7) is 5.75. The van der Waals surface area contributed by atoms with E-state index in [0.717, 1.165) is 34.1 Å². The maximum atomic E-state index is 12.1. The summed E-state index contributed by atoms with van der Waals surface area (Å²) >= 11 is 0. The first kappa shape index (κ1) is 25.8. The van der Waals surface area contributed by atoms with Crippen LogP contribution in [0.2, 0.25) is 0 Å². The van der Waals surface area contributed by atoms with Crippen LogP contribution in [0.5, 0.6) is 0 Å². The van der Waals surface area contributed by atoms with Gasteiger partial charge in [0.25, 0.3) is 5.56 Å². The van der Waals surface area contributed by atoms with Crippen LogP contribution in [0.1, 0.15) is 33.6 Å². The molecule has 8 nitrogen and oxygen atoms in total. The van der Waals surface area contributed by atoms with E-state index in [1.807, 2.05) is 73.6 Å². The number of carboxylic acid groups (broad SMARTS) is 1. The van der Waals surface area contributed by atoms with E-state index >= 15 is 0 Å². The zero-order chi connectivity index (χ0) is 25.8. The van der Waals surface area contributed by atoms with Crippen LogP contribution < -0.4 is 10.5 Å². The molecule has 0 aliphatic carbocycles. The Morgan fingerprint density at radius 2 is 1.74 bits per heavy atom. The second-order valence-electron chi connectivity index (χ2n) is 9.71. The standard InChI is InChI=1S/C17H16N2O.C10H17NO4/c1-19(2)14-9-7-12(8-10-14)16-11-13-5-3-4-6-15(13)17(20)18-16;1-10(2,3)15-9(14)11-6-4-5-7(11)8(12)13/h3-11H,1-2H3,(H,18,20);7H,4-6H2,1-3H3,(H,12,13)/t;7-/m.0/s1. The summed E-state index contributed by atoms with van der Waals surface area (Å²) in [5, 5.41) is 10.6. The average Bonchev–Trinajstić information content (AvgIpc) is 3.29. The van der Waals surface area contributed by atoms with E-state index < -0.39 is 23.7 Å². The molecule has 1 atom stereocenters. The monoisotopic (exact) mass is 479 g/mol. The van der Waals surface area contributed by atoms with Crippen molar-refractivity contribution in [2.45, 2.75) is 45.3 Å². The van der Waals surface area contributed by atoms with E-state index in [2.05, 4.69) is 4.98 Å². The van der Waals surface area contributed by atoms with Crippen LogP contribution in [0.3, 0.4) is 0 Å². The molecule has 0 spiro atoms. The molecule has 1 aliphatic rings. The number of hydrogen-bond acceptors (Lipinski definition) is 5. The van der Waals surface area contributed by atoms with Crippen molar-refractivity contribution in [1.82, 2.24) is 9.88 Å². The minimum absolute atomic E-state index is 0.0465. The average molecular weight is 480 g/mol. The summed E-state index contributed by atoms with van der Waals surface area (Å²) in [5.74, 6) is -0.960. The minimum atomic E-state index is -0.960. The van der Waals surface area contributed by atoms with Gasteiger partial charge in [-0.1, -0.05) is 30.3 Å². The van der Waals surface area contributed by atoms with Gasteiger partial charge in [0.15, 0.2) is 0 Å². The molecular formula is C27H33N3O5. The number of fused-ring (bicyclic) bond motifs is 1. The number of nitrogens with one attached hydrogen (secondary N) is 1. The van der Waals surface area contributed by atoms with E-state index in [9.17, 15) is 14.4 Å². The number of carboxylic acids is 1. The Balaban J connectivity index is 0.000000205. The normalized spacial score (nSPS) is 15.3. The van der Waals surface area contributed by atoms with Crippen LogP contribution in [0.15, 0.2) is 59.4 Å². The number of likely N-dealkylation sites (tertiary alicyclic amines) is 1. The third-order valence-electron chi connectivity index (χ3n) is 5.61. The fraction of sp³-hybridized carbons (Fsp3) is 0.370. The van der Waals surface area contributed by atoms with Crippen LogP contribution >= 0.6 is 0 Å². The molecule has 0 saturated carbocycles. The largest absolute Gasteiger partial charge is 0.480 e. The number of aromatic amines is 1. The first-order chi connectivity index (χ1) is 16.5. The summed E-state index contributed by atoms with van der Waals surface area (Å²) < 4.78 is 5.13. The van der Waals surface area contributed by atoms with E-state index in [4.69, 9.17) is 9.84 Å². The molecule has 8 heteroatoms. The van der Waals surface area contributed by atoms with E-state index in [0.29, 0.717) is 13.0 Å². The van der Waals surface area contributed by atoms with Crippen LogP contribution in [0.4, 0.5) is 10.5 Å². The van der Waals surface area contributed by atoms with E-state index in [1.165, 1.54) is 4.90 Å². The Morgan fingerprint density at radius 1 is 1.09 bits per heavy atom. The van der Waals surface area contributed by atoms with Gasteiger partial charge in [0.1, 0.15) is 11.6 Å². The summed E-state index contributed by atoms with van der Waals surface area (Å²) in [4.78, 5) is 40.8. The van der Waals surface area contributed by atoms with Crippen molar-refractivity contribution >= 4 is 28.5 Å².